The van der Waals surface area contributed by atoms with Crippen molar-refractivity contribution in [2.24, 2.45) is 0 Å². The van der Waals surface area contributed by atoms with Gasteiger partial charge < -0.3 is 13.5 Å². The highest BCUT2D eigenvalue weighted by Gasteiger charge is 2.37. The fraction of sp³-hybridized carbons (Fsp3) is 0.333. The lowest BCUT2D eigenvalue weighted by molar-refractivity contribution is 0.750. The van der Waals surface area contributed by atoms with Crippen molar-refractivity contribution in [3.8, 4) is 0 Å². The van der Waals surface area contributed by atoms with E-state index in [2.05, 4.69) is 51.7 Å². The van der Waals surface area contributed by atoms with Crippen LogP contribution in [0.3, 0.4) is 0 Å². The zero-order chi connectivity index (χ0) is 9.19. The van der Waals surface area contributed by atoms with E-state index in [4.69, 9.17) is 0 Å². The first kappa shape index (κ1) is 10.1. The highest BCUT2D eigenvalue weighted by Crippen LogP contribution is 2.09. The monoisotopic (exact) mass is 215 g/mol. The summed E-state index contributed by atoms with van der Waals surface area (Å²) >= 11 is 0. The minimum Gasteiger partial charge on any atom is -0.343 e. The van der Waals surface area contributed by atoms with Crippen molar-refractivity contribution in [1.29, 1.82) is 0 Å². The van der Waals surface area contributed by atoms with E-state index >= 15 is 0 Å². The average Bonchev–Trinajstić information content (AvgIpc) is 2.11. The molecule has 1 aliphatic rings. The van der Waals surface area contributed by atoms with Crippen LogP contribution in [0.2, 0.25) is 6.55 Å². The molecule has 68 valence electrons. The number of nitrogens with zero attached hydrogens (tertiary/aromatic N) is 1. The van der Waals surface area contributed by atoms with Gasteiger partial charge in [0, 0.05) is 0 Å². The molecular weight excluding hydrogens is 198 g/mol. The van der Waals surface area contributed by atoms with Gasteiger partial charge in [0.25, 0.3) is 0 Å². The average molecular weight is 215 g/mol. The fourth-order valence-corrected chi connectivity index (χ4v) is 13.9. The Kier molecular flexibility index (Phi) is 3.21. The maximum Gasteiger partial charge on any atom is 0.242 e. The molecular formula is C6H17N3Si3. The smallest absolute Gasteiger partial charge is 0.242 e. The summed E-state index contributed by atoms with van der Waals surface area (Å²) in [6.07, 6.45) is 0. The normalized spacial score (nSPS) is 31.7. The van der Waals surface area contributed by atoms with Crippen molar-refractivity contribution in [1.82, 2.24) is 13.5 Å². The van der Waals surface area contributed by atoms with E-state index < -0.39 is 17.5 Å². The molecule has 1 heterocycles. The lowest BCUT2D eigenvalue weighted by atomic mass is 11.2. The van der Waals surface area contributed by atoms with Gasteiger partial charge in [-0.05, 0) is 13.6 Å². The van der Waals surface area contributed by atoms with Crippen LogP contribution in [0.1, 0.15) is 0 Å². The molecule has 0 aromatic carbocycles. The van der Waals surface area contributed by atoms with Gasteiger partial charge >= 0.3 is 0 Å². The van der Waals surface area contributed by atoms with Gasteiger partial charge in [-0.15, -0.1) is 13.2 Å². The van der Waals surface area contributed by atoms with Crippen molar-refractivity contribution < 1.29 is 0 Å². The first-order chi connectivity index (χ1) is 5.66. The molecule has 0 spiro atoms. The molecule has 3 nitrogen and oxygen atoms in total. The summed E-state index contributed by atoms with van der Waals surface area (Å²) in [4.78, 5) is 0. The lowest BCUT2D eigenvalue weighted by Crippen LogP contribution is -2.75. The molecule has 1 saturated heterocycles. The number of nitrogens with one attached hydrogen (secondary N) is 2. The van der Waals surface area contributed by atoms with E-state index in [-0.39, 0.29) is 9.84 Å². The van der Waals surface area contributed by atoms with Crippen molar-refractivity contribution in [2.75, 3.05) is 7.05 Å². The molecule has 0 radical (unpaired) electrons. The number of rotatable bonds is 2. The van der Waals surface area contributed by atoms with Gasteiger partial charge in [-0.2, -0.15) is 0 Å². The first-order valence-electron chi connectivity index (χ1n) is 4.15. The highest BCUT2D eigenvalue weighted by atomic mass is 28.4. The summed E-state index contributed by atoms with van der Waals surface area (Å²) in [5.41, 5.74) is 4.16. The third kappa shape index (κ3) is 1.54. The van der Waals surface area contributed by atoms with Crippen molar-refractivity contribution in [3.63, 3.8) is 0 Å². The van der Waals surface area contributed by atoms with Crippen LogP contribution in [0.25, 0.3) is 0 Å². The molecule has 0 amide bonds. The third-order valence-corrected chi connectivity index (χ3v) is 14.7. The Balaban J connectivity index is 2.85. The largest absolute Gasteiger partial charge is 0.343 e. The molecule has 1 rings (SSSR count). The maximum atomic E-state index is 3.92. The van der Waals surface area contributed by atoms with E-state index in [1.165, 1.54) is 0 Å². The van der Waals surface area contributed by atoms with Crippen LogP contribution in [-0.4, -0.2) is 38.6 Å². The molecule has 0 aromatic rings. The summed E-state index contributed by atoms with van der Waals surface area (Å²) in [5, 5.41) is 0. The van der Waals surface area contributed by atoms with Gasteiger partial charge in [-0.25, -0.2) is 0 Å². The molecule has 0 bridgehead atoms. The van der Waals surface area contributed by atoms with Gasteiger partial charge in [0.15, 0.2) is 19.0 Å². The molecule has 0 aromatic heterocycles. The van der Waals surface area contributed by atoms with Crippen LogP contribution < -0.4 is 9.30 Å². The summed E-state index contributed by atoms with van der Waals surface area (Å²) in [7, 11) is -0.549. The first-order valence-corrected chi connectivity index (χ1v) is 9.91. The number of hydrogen-bond acceptors (Lipinski definition) is 3. The zero-order valence-electron chi connectivity index (χ0n) is 7.80. The fourth-order valence-electron chi connectivity index (χ4n) is 1.44. The highest BCUT2D eigenvalue weighted by molar-refractivity contribution is 6.97. The summed E-state index contributed by atoms with van der Waals surface area (Å²) in [6, 6.07) is 0. The zero-order valence-corrected chi connectivity index (χ0v) is 11.4. The Labute approximate surface area is 79.5 Å². The van der Waals surface area contributed by atoms with Gasteiger partial charge in [0.05, 0.1) is 0 Å². The van der Waals surface area contributed by atoms with Crippen LogP contribution in [0, 0.1) is 0 Å². The summed E-state index contributed by atoms with van der Waals surface area (Å²) in [5.74, 6) is 0. The minimum atomic E-state index is -1.63. The predicted octanol–water partition coefficient (Wildman–Crippen LogP) is -1.15. The molecule has 1 fully saturated rings. The molecule has 1 unspecified atom stereocenters. The second-order valence-corrected chi connectivity index (χ2v) is 12.3. The van der Waals surface area contributed by atoms with Crippen LogP contribution in [-0.2, 0) is 0 Å². The van der Waals surface area contributed by atoms with E-state index in [1.54, 1.807) is 0 Å². The predicted molar refractivity (Wildman–Crippen MR) is 61.7 cm³/mol. The van der Waals surface area contributed by atoms with Gasteiger partial charge in [-0.1, -0.05) is 11.4 Å². The SMILES string of the molecule is C=C[Si]1(C=C)N[SiH2]N[SiH](C)N1C. The van der Waals surface area contributed by atoms with Crippen LogP contribution in [0.5, 0.6) is 0 Å². The molecule has 0 aliphatic carbocycles. The van der Waals surface area contributed by atoms with Crippen molar-refractivity contribution in [3.05, 3.63) is 24.6 Å². The Bertz CT molecular complexity index is 188. The van der Waals surface area contributed by atoms with Gasteiger partial charge in [-0.3, -0.25) is 0 Å². The standard InChI is InChI=1S/C6H17N3Si3/c1-5-12(6-2)8-10-7-11(4)9(12)3/h5-8,11H,1-2,10H2,3-4H3. The Hall–Kier alpha value is 0.0106. The number of hydrogen-bond donors (Lipinski definition) is 2. The van der Waals surface area contributed by atoms with E-state index in [0.29, 0.717) is 0 Å². The molecule has 0 saturated carbocycles. The second-order valence-electron chi connectivity index (χ2n) is 3.08. The quantitative estimate of drug-likeness (QED) is 0.570. The molecule has 6 heteroatoms. The van der Waals surface area contributed by atoms with Gasteiger partial charge in [0.2, 0.25) is 8.40 Å². The van der Waals surface area contributed by atoms with Crippen LogP contribution >= 0.6 is 0 Å². The van der Waals surface area contributed by atoms with E-state index in [0.717, 1.165) is 0 Å². The molecule has 1 atom stereocenters. The molecule has 12 heavy (non-hydrogen) atoms. The van der Waals surface area contributed by atoms with Crippen molar-refractivity contribution in [2.45, 2.75) is 6.55 Å². The second kappa shape index (κ2) is 3.81. The van der Waals surface area contributed by atoms with E-state index in [9.17, 15) is 0 Å². The van der Waals surface area contributed by atoms with E-state index in [1.807, 2.05) is 0 Å². The van der Waals surface area contributed by atoms with Gasteiger partial charge in [0.1, 0.15) is 0 Å². The maximum absolute atomic E-state index is 3.92. The molecule has 2 N–H and O–H groups in total. The Morgan fingerprint density at radius 3 is 2.50 bits per heavy atom. The molecule has 1 aliphatic heterocycles. The van der Waals surface area contributed by atoms with Crippen molar-refractivity contribution >= 4 is 27.4 Å². The van der Waals surface area contributed by atoms with Crippen LogP contribution in [0.15, 0.2) is 24.6 Å². The topological polar surface area (TPSA) is 27.3 Å². The summed E-state index contributed by atoms with van der Waals surface area (Å²) in [6.45, 7) is 10.2. The van der Waals surface area contributed by atoms with Crippen LogP contribution in [0.4, 0.5) is 0 Å². The Morgan fingerprint density at radius 1 is 1.50 bits per heavy atom. The summed E-state index contributed by atoms with van der Waals surface area (Å²) < 4.78 is 9.65. The third-order valence-electron chi connectivity index (χ3n) is 2.56. The Morgan fingerprint density at radius 2 is 2.08 bits per heavy atom. The lowest BCUT2D eigenvalue weighted by Gasteiger charge is -2.43. The minimum absolute atomic E-state index is 0.258.